The molecule has 2 aromatic rings. The molecule has 8 heteroatoms. The van der Waals surface area contributed by atoms with Crippen LogP contribution in [0.4, 0.5) is 10.2 Å². The topological polar surface area (TPSA) is 69.5 Å². The van der Waals surface area contributed by atoms with E-state index >= 15 is 0 Å². The van der Waals surface area contributed by atoms with Gasteiger partial charge < -0.3 is 14.5 Å². The van der Waals surface area contributed by atoms with E-state index in [0.717, 1.165) is 35.1 Å². The SMILES string of the molecule is C[C@@H]1CC2CN(C(=O)COC3(c4cc(F)ccc4Br)CC3)CC1N2c1ccc(C#N)cn1. The van der Waals surface area contributed by atoms with E-state index in [2.05, 4.69) is 38.8 Å². The van der Waals surface area contributed by atoms with Gasteiger partial charge in [0.2, 0.25) is 5.91 Å². The molecule has 5 rings (SSSR count). The molecule has 2 bridgehead atoms. The van der Waals surface area contributed by atoms with E-state index in [-0.39, 0.29) is 30.4 Å². The van der Waals surface area contributed by atoms with E-state index in [1.165, 1.54) is 12.1 Å². The third-order valence-electron chi connectivity index (χ3n) is 6.98. The summed E-state index contributed by atoms with van der Waals surface area (Å²) in [5.41, 5.74) is 0.742. The maximum Gasteiger partial charge on any atom is 0.248 e. The molecule has 0 spiro atoms. The number of carbonyl (C=O) groups is 1. The van der Waals surface area contributed by atoms with Crippen LogP contribution in [0.3, 0.4) is 0 Å². The van der Waals surface area contributed by atoms with Gasteiger partial charge in [0.1, 0.15) is 24.3 Å². The summed E-state index contributed by atoms with van der Waals surface area (Å²) < 4.78 is 20.7. The van der Waals surface area contributed by atoms with Crippen LogP contribution in [0.25, 0.3) is 0 Å². The standard InChI is InChI=1S/C24H24BrFN4O2/c1-15-8-18-12-29(13-21(15)30(18)22-5-2-16(10-27)11-28-22)23(31)14-32-24(6-7-24)19-9-17(26)3-4-20(19)25/h2-5,9,11,15,18,21H,6-8,12-14H2,1H3/t15-,18?,21?/m1/s1. The van der Waals surface area contributed by atoms with Gasteiger partial charge in [-0.2, -0.15) is 5.26 Å². The molecule has 3 fully saturated rings. The summed E-state index contributed by atoms with van der Waals surface area (Å²) in [6.07, 6.45) is 4.16. The number of amides is 1. The molecule has 1 aliphatic carbocycles. The molecule has 3 heterocycles. The van der Waals surface area contributed by atoms with E-state index in [0.29, 0.717) is 24.6 Å². The lowest BCUT2D eigenvalue weighted by atomic mass is 10.0. The number of ether oxygens (including phenoxy) is 1. The summed E-state index contributed by atoms with van der Waals surface area (Å²) in [6.45, 7) is 3.46. The first kappa shape index (κ1) is 21.4. The fraction of sp³-hybridized carbons (Fsp3) is 0.458. The second-order valence-electron chi connectivity index (χ2n) is 9.06. The van der Waals surface area contributed by atoms with Crippen LogP contribution < -0.4 is 4.90 Å². The minimum atomic E-state index is -0.572. The van der Waals surface area contributed by atoms with Crippen molar-refractivity contribution < 1.29 is 13.9 Å². The number of piperazine rings is 1. The average molecular weight is 499 g/mol. The van der Waals surface area contributed by atoms with Crippen LogP contribution in [-0.4, -0.2) is 47.6 Å². The molecule has 6 nitrogen and oxygen atoms in total. The van der Waals surface area contributed by atoms with Crippen molar-refractivity contribution >= 4 is 27.7 Å². The van der Waals surface area contributed by atoms with E-state index in [1.807, 2.05) is 11.0 Å². The average Bonchev–Trinajstić information content (AvgIpc) is 3.56. The predicted octanol–water partition coefficient (Wildman–Crippen LogP) is 3.99. The number of nitriles is 1. The Bertz CT molecular complexity index is 1080. The molecule has 3 aliphatic rings. The summed E-state index contributed by atoms with van der Waals surface area (Å²) in [6, 6.07) is 10.8. The highest BCUT2D eigenvalue weighted by Crippen LogP contribution is 2.51. The van der Waals surface area contributed by atoms with E-state index in [9.17, 15) is 9.18 Å². The van der Waals surface area contributed by atoms with Gasteiger partial charge in [-0.3, -0.25) is 4.79 Å². The number of likely N-dealkylation sites (tertiary alicyclic amines) is 1. The predicted molar refractivity (Wildman–Crippen MR) is 120 cm³/mol. The van der Waals surface area contributed by atoms with Crippen LogP contribution in [0, 0.1) is 23.1 Å². The molecule has 0 N–H and O–H groups in total. The first-order valence-corrected chi connectivity index (χ1v) is 11.7. The summed E-state index contributed by atoms with van der Waals surface area (Å²) in [5.74, 6) is 0.969. The molecular formula is C24H24BrFN4O2. The zero-order valence-electron chi connectivity index (χ0n) is 17.8. The molecule has 1 aromatic carbocycles. The number of rotatable bonds is 5. The lowest BCUT2D eigenvalue weighted by molar-refractivity contribution is -0.140. The van der Waals surface area contributed by atoms with Crippen LogP contribution in [0.1, 0.15) is 37.3 Å². The zero-order chi connectivity index (χ0) is 22.5. The first-order valence-electron chi connectivity index (χ1n) is 10.9. The maximum atomic E-state index is 13.8. The van der Waals surface area contributed by atoms with Crippen molar-refractivity contribution in [3.05, 3.63) is 57.9 Å². The Morgan fingerprint density at radius 1 is 1.34 bits per heavy atom. The van der Waals surface area contributed by atoms with Gasteiger partial charge in [-0.25, -0.2) is 9.37 Å². The minimum absolute atomic E-state index is 0.00804. The van der Waals surface area contributed by atoms with Crippen LogP contribution in [0.2, 0.25) is 0 Å². The smallest absolute Gasteiger partial charge is 0.248 e. The van der Waals surface area contributed by atoms with E-state index in [1.54, 1.807) is 18.3 Å². The number of pyridine rings is 1. The Morgan fingerprint density at radius 2 is 2.16 bits per heavy atom. The van der Waals surface area contributed by atoms with E-state index in [4.69, 9.17) is 10.00 Å². The maximum absolute atomic E-state index is 13.8. The number of hydrogen-bond acceptors (Lipinski definition) is 5. The third-order valence-corrected chi connectivity index (χ3v) is 7.67. The van der Waals surface area contributed by atoms with Crippen molar-refractivity contribution in [3.63, 3.8) is 0 Å². The van der Waals surface area contributed by atoms with Gasteiger partial charge in [-0.15, -0.1) is 0 Å². The number of benzene rings is 1. The molecular weight excluding hydrogens is 475 g/mol. The van der Waals surface area contributed by atoms with Crippen LogP contribution in [0.15, 0.2) is 41.0 Å². The highest BCUT2D eigenvalue weighted by Gasteiger charge is 2.49. The Kier molecular flexibility index (Phi) is 5.42. The van der Waals surface area contributed by atoms with Crippen molar-refractivity contribution in [2.45, 2.75) is 43.9 Å². The van der Waals surface area contributed by atoms with Crippen molar-refractivity contribution in [2.75, 3.05) is 24.6 Å². The van der Waals surface area contributed by atoms with Gasteiger partial charge in [0.05, 0.1) is 17.2 Å². The molecule has 2 aliphatic heterocycles. The summed E-state index contributed by atoms with van der Waals surface area (Å²) in [4.78, 5) is 21.7. The van der Waals surface area contributed by atoms with Crippen LogP contribution >= 0.6 is 15.9 Å². The number of carbonyl (C=O) groups excluding carboxylic acids is 1. The first-order chi connectivity index (χ1) is 15.4. The van der Waals surface area contributed by atoms with Gasteiger partial charge in [0.25, 0.3) is 0 Å². The monoisotopic (exact) mass is 498 g/mol. The molecule has 2 saturated heterocycles. The third kappa shape index (κ3) is 3.78. The normalized spacial score (nSPS) is 25.5. The lowest BCUT2D eigenvalue weighted by Gasteiger charge is -2.42. The fourth-order valence-electron chi connectivity index (χ4n) is 5.14. The lowest BCUT2D eigenvalue weighted by Crippen LogP contribution is -2.57. The number of hydrogen-bond donors (Lipinski definition) is 0. The number of aromatic nitrogens is 1. The Balaban J connectivity index is 1.26. The van der Waals surface area contributed by atoms with Gasteiger partial charge in [0, 0.05) is 35.4 Å². The quantitative estimate of drug-likeness (QED) is 0.623. The zero-order valence-corrected chi connectivity index (χ0v) is 19.4. The van der Waals surface area contributed by atoms with Gasteiger partial charge in [-0.1, -0.05) is 22.9 Å². The van der Waals surface area contributed by atoms with Crippen molar-refractivity contribution in [3.8, 4) is 6.07 Å². The molecule has 1 saturated carbocycles. The molecule has 0 radical (unpaired) electrons. The number of halogens is 2. The number of fused-ring (bicyclic) bond motifs is 2. The second-order valence-corrected chi connectivity index (χ2v) is 9.92. The Hall–Kier alpha value is -2.50. The molecule has 1 aromatic heterocycles. The Morgan fingerprint density at radius 3 is 2.81 bits per heavy atom. The molecule has 3 atom stereocenters. The molecule has 32 heavy (non-hydrogen) atoms. The van der Waals surface area contributed by atoms with Crippen molar-refractivity contribution in [2.24, 2.45) is 5.92 Å². The van der Waals surface area contributed by atoms with Crippen LogP contribution in [0.5, 0.6) is 0 Å². The molecule has 2 unspecified atom stereocenters. The highest BCUT2D eigenvalue weighted by molar-refractivity contribution is 9.10. The largest absolute Gasteiger partial charge is 0.360 e. The van der Waals surface area contributed by atoms with Crippen molar-refractivity contribution in [1.29, 1.82) is 5.26 Å². The summed E-state index contributed by atoms with van der Waals surface area (Å²) >= 11 is 3.49. The second kappa shape index (κ2) is 8.13. The summed E-state index contributed by atoms with van der Waals surface area (Å²) in [5, 5.41) is 9.03. The van der Waals surface area contributed by atoms with Crippen LogP contribution in [-0.2, 0) is 15.1 Å². The Labute approximate surface area is 195 Å². The minimum Gasteiger partial charge on any atom is -0.360 e. The van der Waals surface area contributed by atoms with Gasteiger partial charge in [-0.05, 0) is 55.5 Å². The van der Waals surface area contributed by atoms with Crippen molar-refractivity contribution in [1.82, 2.24) is 9.88 Å². The molecule has 166 valence electrons. The fourth-order valence-corrected chi connectivity index (χ4v) is 5.75. The van der Waals surface area contributed by atoms with Gasteiger partial charge in [0.15, 0.2) is 0 Å². The summed E-state index contributed by atoms with van der Waals surface area (Å²) in [7, 11) is 0. The van der Waals surface area contributed by atoms with Gasteiger partial charge >= 0.3 is 0 Å². The number of anilines is 1. The number of nitrogens with zero attached hydrogens (tertiary/aromatic N) is 4. The van der Waals surface area contributed by atoms with E-state index < -0.39 is 5.60 Å². The highest BCUT2D eigenvalue weighted by atomic mass is 79.9. The molecule has 1 amide bonds.